The van der Waals surface area contributed by atoms with E-state index < -0.39 is 0 Å². The lowest BCUT2D eigenvalue weighted by Gasteiger charge is -2.29. The van der Waals surface area contributed by atoms with Crippen LogP contribution in [-0.4, -0.2) is 19.7 Å². The lowest BCUT2D eigenvalue weighted by atomic mass is 9.87. The number of hydrogen-bond donors (Lipinski definition) is 2. The molecule has 0 aliphatic carbocycles. The van der Waals surface area contributed by atoms with Crippen molar-refractivity contribution in [2.24, 2.45) is 11.7 Å². The maximum atomic E-state index is 6.42. The zero-order valence-corrected chi connectivity index (χ0v) is 10.8. The second-order valence-electron chi connectivity index (χ2n) is 5.45. The number of benzene rings is 1. The summed E-state index contributed by atoms with van der Waals surface area (Å²) < 4.78 is 5.65. The number of fused-ring (bicyclic) bond motifs is 1. The number of rotatable bonds is 2. The average Bonchev–Trinajstić information content (AvgIpc) is 2.47. The van der Waals surface area contributed by atoms with Crippen LogP contribution in [0.25, 0.3) is 0 Å². The number of ether oxygens (including phenoxy) is 1. The highest BCUT2D eigenvalue weighted by Gasteiger charge is 2.22. The average molecular weight is 246 g/mol. The highest BCUT2D eigenvalue weighted by Crippen LogP contribution is 2.31. The van der Waals surface area contributed by atoms with Crippen LogP contribution in [0.5, 0.6) is 5.75 Å². The van der Waals surface area contributed by atoms with E-state index >= 15 is 0 Å². The molecule has 2 aliphatic rings. The van der Waals surface area contributed by atoms with E-state index in [2.05, 4.69) is 23.5 Å². The third-order valence-corrected chi connectivity index (χ3v) is 4.16. The minimum atomic E-state index is 0.157. The molecular weight excluding hydrogens is 224 g/mol. The van der Waals surface area contributed by atoms with Crippen LogP contribution in [0.15, 0.2) is 18.2 Å². The third kappa shape index (κ3) is 2.38. The fourth-order valence-electron chi connectivity index (χ4n) is 3.05. The zero-order chi connectivity index (χ0) is 12.4. The van der Waals surface area contributed by atoms with Crippen molar-refractivity contribution in [3.63, 3.8) is 0 Å². The van der Waals surface area contributed by atoms with Crippen molar-refractivity contribution >= 4 is 0 Å². The van der Waals surface area contributed by atoms with Crippen LogP contribution >= 0.6 is 0 Å². The van der Waals surface area contributed by atoms with Gasteiger partial charge in [-0.3, -0.25) is 0 Å². The summed E-state index contributed by atoms with van der Waals surface area (Å²) >= 11 is 0. The van der Waals surface area contributed by atoms with Crippen molar-refractivity contribution in [1.29, 1.82) is 0 Å². The van der Waals surface area contributed by atoms with Crippen molar-refractivity contribution in [1.82, 2.24) is 5.32 Å². The van der Waals surface area contributed by atoms with Gasteiger partial charge in [-0.2, -0.15) is 0 Å². The van der Waals surface area contributed by atoms with Gasteiger partial charge in [0.15, 0.2) is 0 Å². The smallest absolute Gasteiger partial charge is 0.122 e. The van der Waals surface area contributed by atoms with Gasteiger partial charge in [-0.1, -0.05) is 12.1 Å². The van der Waals surface area contributed by atoms with Gasteiger partial charge >= 0.3 is 0 Å². The van der Waals surface area contributed by atoms with E-state index in [9.17, 15) is 0 Å². The first-order valence-electron chi connectivity index (χ1n) is 7.06. The van der Waals surface area contributed by atoms with E-state index in [1.807, 2.05) is 0 Å². The Morgan fingerprint density at radius 1 is 1.33 bits per heavy atom. The number of nitrogens with one attached hydrogen (secondary N) is 1. The van der Waals surface area contributed by atoms with Crippen LogP contribution in [0.3, 0.4) is 0 Å². The highest BCUT2D eigenvalue weighted by atomic mass is 16.5. The lowest BCUT2D eigenvalue weighted by Crippen LogP contribution is -2.36. The van der Waals surface area contributed by atoms with Gasteiger partial charge in [0.1, 0.15) is 5.75 Å². The molecule has 0 radical (unpaired) electrons. The second-order valence-corrected chi connectivity index (χ2v) is 5.45. The van der Waals surface area contributed by atoms with Crippen LogP contribution < -0.4 is 15.8 Å². The predicted molar refractivity (Wildman–Crippen MR) is 72.8 cm³/mol. The van der Waals surface area contributed by atoms with Gasteiger partial charge < -0.3 is 15.8 Å². The minimum absolute atomic E-state index is 0.157. The molecule has 1 saturated heterocycles. The number of nitrogens with two attached hydrogens (primary N) is 1. The Kier molecular flexibility index (Phi) is 3.52. The monoisotopic (exact) mass is 246 g/mol. The van der Waals surface area contributed by atoms with Gasteiger partial charge in [0.05, 0.1) is 6.61 Å². The first kappa shape index (κ1) is 12.0. The molecule has 18 heavy (non-hydrogen) atoms. The fourth-order valence-corrected chi connectivity index (χ4v) is 3.05. The molecule has 98 valence electrons. The Labute approximate surface area is 109 Å². The Hall–Kier alpha value is -1.06. The molecule has 0 bridgehead atoms. The molecule has 2 aliphatic heterocycles. The molecule has 1 aromatic carbocycles. The Balaban J connectivity index is 1.78. The Morgan fingerprint density at radius 3 is 3.11 bits per heavy atom. The molecule has 3 heteroatoms. The largest absolute Gasteiger partial charge is 0.493 e. The molecule has 0 saturated carbocycles. The van der Waals surface area contributed by atoms with E-state index in [1.165, 1.54) is 24.0 Å². The van der Waals surface area contributed by atoms with Gasteiger partial charge in [-0.25, -0.2) is 0 Å². The highest BCUT2D eigenvalue weighted by molar-refractivity contribution is 5.39. The zero-order valence-electron chi connectivity index (χ0n) is 10.8. The molecule has 2 unspecified atom stereocenters. The van der Waals surface area contributed by atoms with Gasteiger partial charge in [-0.15, -0.1) is 0 Å². The van der Waals surface area contributed by atoms with Crippen molar-refractivity contribution in [2.45, 2.75) is 31.7 Å². The first-order chi connectivity index (χ1) is 8.84. The second kappa shape index (κ2) is 5.29. The van der Waals surface area contributed by atoms with E-state index in [4.69, 9.17) is 10.5 Å². The molecule has 3 rings (SSSR count). The molecule has 1 aromatic rings. The van der Waals surface area contributed by atoms with Crippen molar-refractivity contribution in [2.75, 3.05) is 19.7 Å². The molecule has 2 heterocycles. The summed E-state index contributed by atoms with van der Waals surface area (Å²) in [7, 11) is 0. The fraction of sp³-hybridized carbons (Fsp3) is 0.600. The Bertz CT molecular complexity index is 413. The number of aryl methyl sites for hydroxylation is 1. The molecule has 3 N–H and O–H groups in total. The number of hydrogen-bond acceptors (Lipinski definition) is 3. The lowest BCUT2D eigenvalue weighted by molar-refractivity contribution is 0.287. The summed E-state index contributed by atoms with van der Waals surface area (Å²) in [6, 6.07) is 6.65. The van der Waals surface area contributed by atoms with Crippen LogP contribution in [0.4, 0.5) is 0 Å². The third-order valence-electron chi connectivity index (χ3n) is 4.16. The summed E-state index contributed by atoms with van der Waals surface area (Å²) in [5.41, 5.74) is 9.02. The molecule has 0 amide bonds. The molecule has 2 atom stereocenters. The standard InChI is InChI=1S/C15H22N2O/c16-15(13-3-1-7-17-10-13)12-5-6-14-11(9-12)4-2-8-18-14/h5-6,9,13,15,17H,1-4,7-8,10,16H2. The van der Waals surface area contributed by atoms with E-state index in [0.29, 0.717) is 5.92 Å². The summed E-state index contributed by atoms with van der Waals surface area (Å²) in [6.07, 6.45) is 4.73. The normalized spacial score (nSPS) is 25.1. The topological polar surface area (TPSA) is 47.3 Å². The summed E-state index contributed by atoms with van der Waals surface area (Å²) in [5, 5.41) is 3.44. The first-order valence-corrected chi connectivity index (χ1v) is 7.06. The molecular formula is C15H22N2O. The Morgan fingerprint density at radius 2 is 2.28 bits per heavy atom. The predicted octanol–water partition coefficient (Wildman–Crippen LogP) is 2.01. The van der Waals surface area contributed by atoms with Gasteiger partial charge in [0.25, 0.3) is 0 Å². The maximum absolute atomic E-state index is 6.42. The quantitative estimate of drug-likeness (QED) is 0.839. The summed E-state index contributed by atoms with van der Waals surface area (Å²) in [5.74, 6) is 1.63. The van der Waals surface area contributed by atoms with E-state index in [0.717, 1.165) is 38.3 Å². The summed E-state index contributed by atoms with van der Waals surface area (Å²) in [4.78, 5) is 0. The van der Waals surface area contributed by atoms with Crippen molar-refractivity contribution < 1.29 is 4.74 Å². The van der Waals surface area contributed by atoms with Crippen LogP contribution in [0.1, 0.15) is 36.4 Å². The van der Waals surface area contributed by atoms with Gasteiger partial charge in [0, 0.05) is 6.04 Å². The SMILES string of the molecule is NC(c1ccc2c(c1)CCCO2)C1CCCNC1. The van der Waals surface area contributed by atoms with E-state index in [-0.39, 0.29) is 6.04 Å². The van der Waals surface area contributed by atoms with Crippen LogP contribution in [0.2, 0.25) is 0 Å². The molecule has 3 nitrogen and oxygen atoms in total. The summed E-state index contributed by atoms with van der Waals surface area (Å²) in [6.45, 7) is 3.04. The molecule has 0 spiro atoms. The number of piperidine rings is 1. The minimum Gasteiger partial charge on any atom is -0.493 e. The molecule has 0 aromatic heterocycles. The van der Waals surface area contributed by atoms with Crippen molar-refractivity contribution in [3.05, 3.63) is 29.3 Å². The van der Waals surface area contributed by atoms with Crippen LogP contribution in [0, 0.1) is 5.92 Å². The molecule has 1 fully saturated rings. The van der Waals surface area contributed by atoms with Gasteiger partial charge in [0.2, 0.25) is 0 Å². The van der Waals surface area contributed by atoms with Crippen molar-refractivity contribution in [3.8, 4) is 5.75 Å². The van der Waals surface area contributed by atoms with Gasteiger partial charge in [-0.05, 0) is 61.9 Å². The maximum Gasteiger partial charge on any atom is 0.122 e. The van der Waals surface area contributed by atoms with Crippen LogP contribution in [-0.2, 0) is 6.42 Å². The van der Waals surface area contributed by atoms with E-state index in [1.54, 1.807) is 0 Å².